The first kappa shape index (κ1) is 15.3. The molecular weight excluding hydrogens is 262 g/mol. The van der Waals surface area contributed by atoms with E-state index in [1.807, 2.05) is 0 Å². The van der Waals surface area contributed by atoms with Crippen LogP contribution in [0.2, 0.25) is 0 Å². The van der Waals surface area contributed by atoms with Gasteiger partial charge in [0, 0.05) is 18.5 Å². The van der Waals surface area contributed by atoms with E-state index >= 15 is 0 Å². The summed E-state index contributed by atoms with van der Waals surface area (Å²) < 4.78 is 0. The van der Waals surface area contributed by atoms with Gasteiger partial charge in [-0.1, -0.05) is 18.2 Å². The third-order valence-corrected chi connectivity index (χ3v) is 3.68. The van der Waals surface area contributed by atoms with Crippen LogP contribution in [0.15, 0.2) is 41.8 Å². The van der Waals surface area contributed by atoms with Gasteiger partial charge in [0.15, 0.2) is 0 Å². The quantitative estimate of drug-likeness (QED) is 0.642. The lowest BCUT2D eigenvalue weighted by Crippen LogP contribution is -2.27. The molecule has 0 heterocycles. The first-order valence-corrected chi connectivity index (χ1v) is 6.70. The molecule has 1 unspecified atom stereocenters. The fourth-order valence-electron chi connectivity index (χ4n) is 1.47. The molecule has 1 atom stereocenters. The number of hydrogen-bond acceptors (Lipinski definition) is 3. The maximum Gasteiger partial charge on any atom is 0.316 e. The summed E-state index contributed by atoms with van der Waals surface area (Å²) >= 11 is 1.17. The number of carboxylic acid groups (broad SMARTS) is 1. The van der Waals surface area contributed by atoms with Crippen LogP contribution in [-0.2, 0) is 4.79 Å². The Hall–Kier alpha value is -1.75. The topological polar surface area (TPSA) is 57.6 Å². The van der Waals surface area contributed by atoms with E-state index in [1.165, 1.54) is 16.7 Å². The van der Waals surface area contributed by atoms with E-state index in [0.717, 1.165) is 0 Å². The van der Waals surface area contributed by atoms with E-state index in [0.29, 0.717) is 17.0 Å². The summed E-state index contributed by atoms with van der Waals surface area (Å²) in [4.78, 5) is 25.3. The first-order chi connectivity index (χ1) is 8.97. The van der Waals surface area contributed by atoms with Crippen LogP contribution < -0.4 is 0 Å². The molecule has 1 N–H and O–H groups in total. The Labute approximate surface area is 117 Å². The molecule has 102 valence electrons. The molecular formula is C14H17NO3S. The maximum atomic E-state index is 12.2. The van der Waals surface area contributed by atoms with Crippen LogP contribution in [0, 0.1) is 0 Å². The maximum absolute atomic E-state index is 12.2. The molecule has 0 aromatic heterocycles. The van der Waals surface area contributed by atoms with Crippen molar-refractivity contribution in [2.45, 2.75) is 17.1 Å². The largest absolute Gasteiger partial charge is 0.480 e. The van der Waals surface area contributed by atoms with Crippen molar-refractivity contribution in [1.29, 1.82) is 0 Å². The molecule has 5 heteroatoms. The number of carbonyl (C=O) groups is 2. The first-order valence-electron chi connectivity index (χ1n) is 5.82. The van der Waals surface area contributed by atoms with Gasteiger partial charge >= 0.3 is 5.97 Å². The highest BCUT2D eigenvalue weighted by molar-refractivity contribution is 8.00. The Balaban J connectivity index is 2.98. The van der Waals surface area contributed by atoms with Gasteiger partial charge in [0.1, 0.15) is 5.25 Å². The highest BCUT2D eigenvalue weighted by Crippen LogP contribution is 2.27. The van der Waals surface area contributed by atoms with Gasteiger partial charge in [-0.3, -0.25) is 9.59 Å². The third-order valence-electron chi connectivity index (χ3n) is 2.52. The summed E-state index contributed by atoms with van der Waals surface area (Å²) in [7, 11) is 1.69. The molecule has 0 bridgehead atoms. The number of aliphatic carboxylic acids is 1. The van der Waals surface area contributed by atoms with Gasteiger partial charge in [0.25, 0.3) is 5.91 Å². The van der Waals surface area contributed by atoms with Crippen molar-refractivity contribution in [3.05, 3.63) is 42.5 Å². The molecule has 4 nitrogen and oxygen atoms in total. The lowest BCUT2D eigenvalue weighted by atomic mass is 10.2. The Bertz CT molecular complexity index is 487. The molecule has 0 radical (unpaired) electrons. The predicted octanol–water partition coefficient (Wildman–Crippen LogP) is 2.51. The number of nitrogens with zero attached hydrogens (tertiary/aromatic N) is 1. The van der Waals surface area contributed by atoms with Gasteiger partial charge in [0.05, 0.1) is 5.56 Å². The average Bonchev–Trinajstić information content (AvgIpc) is 2.38. The van der Waals surface area contributed by atoms with Crippen molar-refractivity contribution in [3.8, 4) is 0 Å². The molecule has 0 spiro atoms. The number of rotatable bonds is 6. The third kappa shape index (κ3) is 4.13. The van der Waals surface area contributed by atoms with Gasteiger partial charge in [-0.05, 0) is 19.1 Å². The van der Waals surface area contributed by atoms with Crippen molar-refractivity contribution in [2.24, 2.45) is 0 Å². The number of thioether (sulfide) groups is 1. The fourth-order valence-corrected chi connectivity index (χ4v) is 2.39. The monoisotopic (exact) mass is 279 g/mol. The van der Waals surface area contributed by atoms with E-state index < -0.39 is 11.2 Å². The number of benzene rings is 1. The normalized spacial score (nSPS) is 11.7. The standard InChI is InChI=1S/C14H17NO3S/c1-4-9-15(3)13(16)11-7-5-6-8-12(11)19-10(2)14(17)18/h4-8,10H,1,9H2,2-3H3,(H,17,18). The van der Waals surface area contributed by atoms with Crippen molar-refractivity contribution >= 4 is 23.6 Å². The Morgan fingerprint density at radius 3 is 2.68 bits per heavy atom. The summed E-state index contributed by atoms with van der Waals surface area (Å²) in [5.41, 5.74) is 0.518. The second-order valence-corrected chi connectivity index (χ2v) is 5.45. The van der Waals surface area contributed by atoms with E-state index in [9.17, 15) is 9.59 Å². The summed E-state index contributed by atoms with van der Waals surface area (Å²) in [5, 5.41) is 8.34. The number of amides is 1. The van der Waals surface area contributed by atoms with Crippen LogP contribution in [0.3, 0.4) is 0 Å². The second kappa shape index (κ2) is 6.99. The highest BCUT2D eigenvalue weighted by Gasteiger charge is 2.19. The van der Waals surface area contributed by atoms with Gasteiger partial charge < -0.3 is 10.0 Å². The number of carbonyl (C=O) groups excluding carboxylic acids is 1. The number of carboxylic acids is 1. The molecule has 0 fully saturated rings. The molecule has 19 heavy (non-hydrogen) atoms. The summed E-state index contributed by atoms with van der Waals surface area (Å²) in [6.07, 6.45) is 1.65. The average molecular weight is 279 g/mol. The predicted molar refractivity (Wildman–Crippen MR) is 76.6 cm³/mol. The Morgan fingerprint density at radius 2 is 2.11 bits per heavy atom. The fraction of sp³-hybridized carbons (Fsp3) is 0.286. The van der Waals surface area contributed by atoms with Gasteiger partial charge in [-0.2, -0.15) is 0 Å². The minimum absolute atomic E-state index is 0.138. The molecule has 0 aliphatic heterocycles. The van der Waals surface area contributed by atoms with Crippen LogP contribution in [-0.4, -0.2) is 40.7 Å². The smallest absolute Gasteiger partial charge is 0.316 e. The molecule has 0 saturated heterocycles. The number of hydrogen-bond donors (Lipinski definition) is 1. The van der Waals surface area contributed by atoms with Crippen LogP contribution in [0.1, 0.15) is 17.3 Å². The molecule has 1 rings (SSSR count). The van der Waals surface area contributed by atoms with Crippen LogP contribution in [0.25, 0.3) is 0 Å². The molecule has 1 aromatic carbocycles. The summed E-state index contributed by atoms with van der Waals surface area (Å²) in [6.45, 7) is 5.64. The zero-order chi connectivity index (χ0) is 14.4. The van der Waals surface area contributed by atoms with E-state index in [4.69, 9.17) is 5.11 Å². The highest BCUT2D eigenvalue weighted by atomic mass is 32.2. The molecule has 1 amide bonds. The van der Waals surface area contributed by atoms with Crippen molar-refractivity contribution in [3.63, 3.8) is 0 Å². The van der Waals surface area contributed by atoms with Gasteiger partial charge in [0.2, 0.25) is 0 Å². The van der Waals surface area contributed by atoms with Crippen molar-refractivity contribution in [2.75, 3.05) is 13.6 Å². The summed E-state index contributed by atoms with van der Waals surface area (Å²) in [5.74, 6) is -1.03. The van der Waals surface area contributed by atoms with Gasteiger partial charge in [-0.15, -0.1) is 18.3 Å². The van der Waals surface area contributed by atoms with Crippen LogP contribution >= 0.6 is 11.8 Å². The zero-order valence-corrected chi connectivity index (χ0v) is 11.8. The van der Waals surface area contributed by atoms with Crippen molar-refractivity contribution < 1.29 is 14.7 Å². The lowest BCUT2D eigenvalue weighted by molar-refractivity contribution is -0.136. The van der Waals surface area contributed by atoms with E-state index in [1.54, 1.807) is 44.3 Å². The molecule has 0 aliphatic rings. The van der Waals surface area contributed by atoms with Gasteiger partial charge in [-0.25, -0.2) is 0 Å². The van der Waals surface area contributed by atoms with Crippen LogP contribution in [0.4, 0.5) is 0 Å². The zero-order valence-electron chi connectivity index (χ0n) is 11.0. The van der Waals surface area contributed by atoms with E-state index in [-0.39, 0.29) is 5.91 Å². The molecule has 0 saturated carbocycles. The molecule has 0 aliphatic carbocycles. The minimum atomic E-state index is -0.897. The van der Waals surface area contributed by atoms with Crippen LogP contribution in [0.5, 0.6) is 0 Å². The van der Waals surface area contributed by atoms with E-state index in [2.05, 4.69) is 6.58 Å². The van der Waals surface area contributed by atoms with Crippen molar-refractivity contribution in [1.82, 2.24) is 4.90 Å². The minimum Gasteiger partial charge on any atom is -0.480 e. The molecule has 1 aromatic rings. The second-order valence-electron chi connectivity index (χ2n) is 4.07. The summed E-state index contributed by atoms with van der Waals surface area (Å²) in [6, 6.07) is 7.03. The SMILES string of the molecule is C=CCN(C)C(=O)c1ccccc1SC(C)C(=O)O. The lowest BCUT2D eigenvalue weighted by Gasteiger charge is -2.17. The Kier molecular flexibility index (Phi) is 5.63. The Morgan fingerprint density at radius 1 is 1.47 bits per heavy atom. The number of likely N-dealkylation sites (N-methyl/N-ethyl adjacent to an activating group) is 1.